The molecular formula is C16H11NO2. The highest BCUT2D eigenvalue weighted by molar-refractivity contribution is 5.96. The average Bonchev–Trinajstić information content (AvgIpc) is 2.46. The van der Waals surface area contributed by atoms with Crippen LogP contribution < -0.4 is 0 Å². The Morgan fingerprint density at radius 2 is 1.63 bits per heavy atom. The minimum Gasteiger partial charge on any atom is -0.478 e. The minimum absolute atomic E-state index is 0.269. The highest BCUT2D eigenvalue weighted by atomic mass is 16.4. The third-order valence-electron chi connectivity index (χ3n) is 3.06. The SMILES string of the molecule is O=C(O)c1ccccc1-c1cc2ccccc2cn1. The molecule has 0 spiro atoms. The summed E-state index contributed by atoms with van der Waals surface area (Å²) in [6.45, 7) is 0. The molecule has 92 valence electrons. The van der Waals surface area contributed by atoms with Crippen LogP contribution in [0.1, 0.15) is 10.4 Å². The number of aromatic carboxylic acids is 1. The molecule has 3 heteroatoms. The van der Waals surface area contributed by atoms with Gasteiger partial charge in [0, 0.05) is 17.1 Å². The maximum atomic E-state index is 11.2. The number of hydrogen-bond donors (Lipinski definition) is 1. The molecule has 19 heavy (non-hydrogen) atoms. The first-order valence-electron chi connectivity index (χ1n) is 5.93. The third-order valence-corrected chi connectivity index (χ3v) is 3.06. The van der Waals surface area contributed by atoms with E-state index in [1.807, 2.05) is 36.4 Å². The molecule has 0 unspecified atom stereocenters. The Balaban J connectivity index is 2.22. The van der Waals surface area contributed by atoms with Crippen LogP contribution in [-0.4, -0.2) is 16.1 Å². The molecule has 3 aromatic rings. The number of aromatic nitrogens is 1. The predicted octanol–water partition coefficient (Wildman–Crippen LogP) is 3.60. The van der Waals surface area contributed by atoms with E-state index in [9.17, 15) is 9.90 Å². The largest absolute Gasteiger partial charge is 0.478 e. The monoisotopic (exact) mass is 249 g/mol. The highest BCUT2D eigenvalue weighted by Gasteiger charge is 2.11. The van der Waals surface area contributed by atoms with Crippen LogP contribution in [0.25, 0.3) is 22.0 Å². The molecule has 0 aliphatic carbocycles. The number of pyridine rings is 1. The van der Waals surface area contributed by atoms with Gasteiger partial charge in [-0.25, -0.2) is 4.79 Å². The molecule has 2 aromatic carbocycles. The van der Waals surface area contributed by atoms with Gasteiger partial charge in [0.1, 0.15) is 0 Å². The van der Waals surface area contributed by atoms with E-state index in [2.05, 4.69) is 4.98 Å². The quantitative estimate of drug-likeness (QED) is 0.754. The summed E-state index contributed by atoms with van der Waals surface area (Å²) in [7, 11) is 0. The predicted molar refractivity (Wildman–Crippen MR) is 74.1 cm³/mol. The average molecular weight is 249 g/mol. The Labute approximate surface area is 110 Å². The highest BCUT2D eigenvalue weighted by Crippen LogP contribution is 2.24. The van der Waals surface area contributed by atoms with Crippen LogP contribution in [0.15, 0.2) is 60.8 Å². The first-order valence-corrected chi connectivity index (χ1v) is 5.93. The summed E-state index contributed by atoms with van der Waals surface area (Å²) in [6.07, 6.45) is 1.77. The van der Waals surface area contributed by atoms with Gasteiger partial charge in [-0.05, 0) is 17.5 Å². The molecule has 0 aliphatic heterocycles. The van der Waals surface area contributed by atoms with Crippen LogP contribution >= 0.6 is 0 Å². The number of carbonyl (C=O) groups is 1. The molecule has 0 atom stereocenters. The van der Waals surface area contributed by atoms with Gasteiger partial charge in [0.05, 0.1) is 11.3 Å². The van der Waals surface area contributed by atoms with Crippen molar-refractivity contribution in [2.24, 2.45) is 0 Å². The number of carboxylic acid groups (broad SMARTS) is 1. The second kappa shape index (κ2) is 4.53. The van der Waals surface area contributed by atoms with E-state index in [-0.39, 0.29) is 5.56 Å². The summed E-state index contributed by atoms with van der Waals surface area (Å²) < 4.78 is 0. The van der Waals surface area contributed by atoms with E-state index in [1.54, 1.807) is 24.4 Å². The molecule has 0 saturated carbocycles. The fourth-order valence-corrected chi connectivity index (χ4v) is 2.12. The molecule has 3 rings (SSSR count). The summed E-state index contributed by atoms with van der Waals surface area (Å²) in [4.78, 5) is 15.6. The van der Waals surface area contributed by atoms with Gasteiger partial charge in [-0.2, -0.15) is 0 Å². The van der Waals surface area contributed by atoms with E-state index in [0.29, 0.717) is 11.3 Å². The van der Waals surface area contributed by atoms with Crippen molar-refractivity contribution in [3.8, 4) is 11.3 Å². The fraction of sp³-hybridized carbons (Fsp3) is 0. The van der Waals surface area contributed by atoms with E-state index in [4.69, 9.17) is 0 Å². The lowest BCUT2D eigenvalue weighted by atomic mass is 10.0. The van der Waals surface area contributed by atoms with Crippen LogP contribution in [0.5, 0.6) is 0 Å². The standard InChI is InChI=1S/C16H11NO2/c18-16(19)14-8-4-3-7-13(14)15-9-11-5-1-2-6-12(11)10-17-15/h1-10H,(H,18,19). The summed E-state index contributed by atoms with van der Waals surface area (Å²) in [5, 5.41) is 11.3. The first kappa shape index (κ1) is 11.4. The van der Waals surface area contributed by atoms with Gasteiger partial charge in [-0.1, -0.05) is 42.5 Å². The maximum Gasteiger partial charge on any atom is 0.336 e. The Morgan fingerprint density at radius 3 is 2.42 bits per heavy atom. The maximum absolute atomic E-state index is 11.2. The van der Waals surface area contributed by atoms with Crippen LogP contribution in [0.2, 0.25) is 0 Å². The van der Waals surface area contributed by atoms with Gasteiger partial charge in [-0.3, -0.25) is 4.98 Å². The molecule has 0 aliphatic rings. The minimum atomic E-state index is -0.939. The second-order valence-electron chi connectivity index (χ2n) is 4.27. The fourth-order valence-electron chi connectivity index (χ4n) is 2.12. The molecule has 0 radical (unpaired) electrons. The zero-order valence-corrected chi connectivity index (χ0v) is 10.1. The van der Waals surface area contributed by atoms with Crippen LogP contribution in [0.3, 0.4) is 0 Å². The van der Waals surface area contributed by atoms with Crippen molar-refractivity contribution < 1.29 is 9.90 Å². The Morgan fingerprint density at radius 1 is 0.947 bits per heavy atom. The van der Waals surface area contributed by atoms with Crippen molar-refractivity contribution in [1.29, 1.82) is 0 Å². The van der Waals surface area contributed by atoms with Crippen molar-refractivity contribution in [1.82, 2.24) is 4.98 Å². The van der Waals surface area contributed by atoms with Gasteiger partial charge >= 0.3 is 5.97 Å². The Hall–Kier alpha value is -2.68. The molecule has 0 fully saturated rings. The van der Waals surface area contributed by atoms with Gasteiger partial charge in [-0.15, -0.1) is 0 Å². The van der Waals surface area contributed by atoms with Crippen molar-refractivity contribution >= 4 is 16.7 Å². The molecule has 1 N–H and O–H groups in total. The number of benzene rings is 2. The van der Waals surface area contributed by atoms with Crippen molar-refractivity contribution in [2.75, 3.05) is 0 Å². The molecule has 1 aromatic heterocycles. The molecule has 0 saturated heterocycles. The lowest BCUT2D eigenvalue weighted by Gasteiger charge is -2.06. The number of carboxylic acids is 1. The number of hydrogen-bond acceptors (Lipinski definition) is 2. The molecule has 0 amide bonds. The molecule has 1 heterocycles. The van der Waals surface area contributed by atoms with E-state index in [0.717, 1.165) is 10.8 Å². The molecular weight excluding hydrogens is 238 g/mol. The lowest BCUT2D eigenvalue weighted by Crippen LogP contribution is -1.99. The lowest BCUT2D eigenvalue weighted by molar-refractivity contribution is 0.0697. The van der Waals surface area contributed by atoms with Crippen LogP contribution in [0.4, 0.5) is 0 Å². The van der Waals surface area contributed by atoms with E-state index < -0.39 is 5.97 Å². The van der Waals surface area contributed by atoms with Gasteiger partial charge in [0.2, 0.25) is 0 Å². The molecule has 3 nitrogen and oxygen atoms in total. The summed E-state index contributed by atoms with van der Waals surface area (Å²) >= 11 is 0. The van der Waals surface area contributed by atoms with Crippen LogP contribution in [-0.2, 0) is 0 Å². The zero-order valence-electron chi connectivity index (χ0n) is 10.1. The van der Waals surface area contributed by atoms with Crippen LogP contribution in [0, 0.1) is 0 Å². The Kier molecular flexibility index (Phi) is 2.72. The number of fused-ring (bicyclic) bond motifs is 1. The normalized spacial score (nSPS) is 10.5. The van der Waals surface area contributed by atoms with E-state index in [1.165, 1.54) is 0 Å². The van der Waals surface area contributed by atoms with Gasteiger partial charge in [0.25, 0.3) is 0 Å². The zero-order chi connectivity index (χ0) is 13.2. The first-order chi connectivity index (χ1) is 9.25. The van der Waals surface area contributed by atoms with Gasteiger partial charge in [0.15, 0.2) is 0 Å². The third kappa shape index (κ3) is 2.06. The summed E-state index contributed by atoms with van der Waals surface area (Å²) in [5.41, 5.74) is 1.59. The number of nitrogens with zero attached hydrogens (tertiary/aromatic N) is 1. The van der Waals surface area contributed by atoms with Gasteiger partial charge < -0.3 is 5.11 Å². The van der Waals surface area contributed by atoms with Crippen molar-refractivity contribution in [2.45, 2.75) is 0 Å². The van der Waals surface area contributed by atoms with E-state index >= 15 is 0 Å². The molecule has 0 bridgehead atoms. The van der Waals surface area contributed by atoms with Crippen molar-refractivity contribution in [3.05, 3.63) is 66.4 Å². The smallest absolute Gasteiger partial charge is 0.336 e. The second-order valence-corrected chi connectivity index (χ2v) is 4.27. The summed E-state index contributed by atoms with van der Waals surface area (Å²) in [5.74, 6) is -0.939. The summed E-state index contributed by atoms with van der Waals surface area (Å²) in [6, 6.07) is 16.7. The Bertz CT molecular complexity index is 765. The number of rotatable bonds is 2. The topological polar surface area (TPSA) is 50.2 Å². The van der Waals surface area contributed by atoms with Crippen molar-refractivity contribution in [3.63, 3.8) is 0 Å².